The molecule has 0 aliphatic heterocycles. The van der Waals surface area contributed by atoms with Crippen molar-refractivity contribution in [3.63, 3.8) is 0 Å². The summed E-state index contributed by atoms with van der Waals surface area (Å²) in [6.45, 7) is 3.61. The molecule has 1 aromatic heterocycles. The minimum atomic E-state index is -0.0167. The minimum Gasteiger partial charge on any atom is -0.493 e. The van der Waals surface area contributed by atoms with Gasteiger partial charge in [-0.15, -0.1) is 0 Å². The van der Waals surface area contributed by atoms with Crippen molar-refractivity contribution < 1.29 is 18.8 Å². The van der Waals surface area contributed by atoms with Gasteiger partial charge in [-0.3, -0.25) is 4.79 Å². The van der Waals surface area contributed by atoms with Crippen LogP contribution in [0.1, 0.15) is 28.7 Å². The Morgan fingerprint density at radius 3 is 2.68 bits per heavy atom. The van der Waals surface area contributed by atoms with E-state index in [1.807, 2.05) is 6.92 Å². The molecule has 19 heavy (non-hydrogen) atoms. The molecule has 0 spiro atoms. The maximum absolute atomic E-state index is 11.3. The van der Waals surface area contributed by atoms with Gasteiger partial charge in [0.1, 0.15) is 18.1 Å². The zero-order valence-corrected chi connectivity index (χ0v) is 11.1. The summed E-state index contributed by atoms with van der Waals surface area (Å²) < 4.78 is 15.8. The average Bonchev–Trinajstić information content (AvgIpc) is 2.81. The van der Waals surface area contributed by atoms with Crippen LogP contribution in [0.3, 0.4) is 0 Å². The van der Waals surface area contributed by atoms with Gasteiger partial charge < -0.3 is 14.0 Å². The fourth-order valence-corrected chi connectivity index (χ4v) is 1.64. The van der Waals surface area contributed by atoms with E-state index in [0.29, 0.717) is 22.8 Å². The number of nitrogens with zero attached hydrogens (tertiary/aromatic N) is 1. The van der Waals surface area contributed by atoms with Crippen molar-refractivity contribution in [2.75, 3.05) is 7.11 Å². The summed E-state index contributed by atoms with van der Waals surface area (Å²) >= 11 is 0. The fraction of sp³-hybridized carbons (Fsp3) is 0.286. The van der Waals surface area contributed by atoms with Crippen LogP contribution in [0.25, 0.3) is 0 Å². The van der Waals surface area contributed by atoms with E-state index in [9.17, 15) is 4.79 Å². The molecule has 2 aromatic rings. The van der Waals surface area contributed by atoms with Crippen molar-refractivity contribution in [3.8, 4) is 11.5 Å². The molecule has 1 aromatic carbocycles. The number of Topliss-reactive ketones (excluding diaryl/α,β-unsaturated/α-hetero) is 1. The number of carbonyl (C=O) groups excluding carboxylic acids is 1. The number of methoxy groups -OCH3 is 1. The molecule has 0 saturated carbocycles. The van der Waals surface area contributed by atoms with Gasteiger partial charge >= 0.3 is 0 Å². The first-order chi connectivity index (χ1) is 9.10. The monoisotopic (exact) mass is 261 g/mol. The summed E-state index contributed by atoms with van der Waals surface area (Å²) in [6, 6.07) is 6.87. The molecule has 0 amide bonds. The summed E-state index contributed by atoms with van der Waals surface area (Å²) in [5, 5.41) is 3.84. The smallest absolute Gasteiger partial charge is 0.161 e. The Labute approximate surface area is 111 Å². The number of ether oxygens (including phenoxy) is 2. The Balaban J connectivity index is 2.13. The van der Waals surface area contributed by atoms with Crippen LogP contribution < -0.4 is 9.47 Å². The third kappa shape index (κ3) is 3.13. The van der Waals surface area contributed by atoms with E-state index >= 15 is 0 Å². The summed E-state index contributed by atoms with van der Waals surface area (Å²) in [7, 11) is 1.53. The maximum atomic E-state index is 11.3. The van der Waals surface area contributed by atoms with Crippen molar-refractivity contribution in [1.29, 1.82) is 0 Å². The van der Waals surface area contributed by atoms with Gasteiger partial charge in [0, 0.05) is 11.6 Å². The van der Waals surface area contributed by atoms with E-state index in [-0.39, 0.29) is 12.4 Å². The molecule has 5 nitrogen and oxygen atoms in total. The van der Waals surface area contributed by atoms with Crippen LogP contribution in [0.4, 0.5) is 0 Å². The Hall–Kier alpha value is -2.30. The van der Waals surface area contributed by atoms with Gasteiger partial charge in [0.2, 0.25) is 0 Å². The standard InChI is InChI=1S/C14H15NO4/c1-9-6-12(15-19-9)8-18-13-5-4-11(10(2)16)7-14(13)17-3/h4-7H,8H2,1-3H3. The number of benzene rings is 1. The van der Waals surface area contributed by atoms with Crippen molar-refractivity contribution in [2.24, 2.45) is 0 Å². The van der Waals surface area contributed by atoms with Crippen LogP contribution >= 0.6 is 0 Å². The molecule has 2 rings (SSSR count). The third-order valence-electron chi connectivity index (χ3n) is 2.62. The van der Waals surface area contributed by atoms with Gasteiger partial charge in [-0.2, -0.15) is 0 Å². The van der Waals surface area contributed by atoms with Gasteiger partial charge in [-0.1, -0.05) is 5.16 Å². The van der Waals surface area contributed by atoms with E-state index in [1.165, 1.54) is 14.0 Å². The highest BCUT2D eigenvalue weighted by Gasteiger charge is 2.09. The summed E-state index contributed by atoms with van der Waals surface area (Å²) in [5.41, 5.74) is 1.29. The zero-order chi connectivity index (χ0) is 13.8. The largest absolute Gasteiger partial charge is 0.493 e. The Morgan fingerprint density at radius 1 is 1.32 bits per heavy atom. The molecule has 0 atom stereocenters. The molecule has 0 bridgehead atoms. The van der Waals surface area contributed by atoms with Crippen molar-refractivity contribution in [1.82, 2.24) is 5.16 Å². The van der Waals surface area contributed by atoms with E-state index in [0.717, 1.165) is 5.76 Å². The van der Waals surface area contributed by atoms with Gasteiger partial charge in [0.25, 0.3) is 0 Å². The fourth-order valence-electron chi connectivity index (χ4n) is 1.64. The third-order valence-corrected chi connectivity index (χ3v) is 2.62. The molecule has 100 valence electrons. The number of rotatable bonds is 5. The molecule has 0 saturated heterocycles. The van der Waals surface area contributed by atoms with E-state index < -0.39 is 0 Å². The van der Waals surface area contributed by atoms with Crippen molar-refractivity contribution >= 4 is 5.78 Å². The van der Waals surface area contributed by atoms with E-state index in [4.69, 9.17) is 14.0 Å². The average molecular weight is 261 g/mol. The molecule has 5 heteroatoms. The topological polar surface area (TPSA) is 61.6 Å². The first-order valence-corrected chi connectivity index (χ1v) is 5.84. The van der Waals surface area contributed by atoms with Crippen LogP contribution in [0.15, 0.2) is 28.8 Å². The minimum absolute atomic E-state index is 0.0167. The highest BCUT2D eigenvalue weighted by molar-refractivity contribution is 5.94. The van der Waals surface area contributed by atoms with Crippen LogP contribution in [-0.2, 0) is 6.61 Å². The van der Waals surface area contributed by atoms with Crippen LogP contribution in [0.2, 0.25) is 0 Å². The Bertz CT molecular complexity index is 589. The molecule has 0 fully saturated rings. The Morgan fingerprint density at radius 2 is 2.11 bits per heavy atom. The predicted molar refractivity (Wildman–Crippen MR) is 68.6 cm³/mol. The van der Waals surface area contributed by atoms with Gasteiger partial charge in [-0.25, -0.2) is 0 Å². The normalized spacial score (nSPS) is 10.3. The second-order valence-electron chi connectivity index (χ2n) is 4.14. The quantitative estimate of drug-likeness (QED) is 0.774. The van der Waals surface area contributed by atoms with Crippen LogP contribution in [-0.4, -0.2) is 18.0 Å². The number of carbonyl (C=O) groups is 1. The molecular formula is C14H15NO4. The highest BCUT2D eigenvalue weighted by Crippen LogP contribution is 2.28. The molecule has 1 heterocycles. The molecule has 0 N–H and O–H groups in total. The lowest BCUT2D eigenvalue weighted by Crippen LogP contribution is -2.00. The summed E-state index contributed by atoms with van der Waals surface area (Å²) in [4.78, 5) is 11.3. The van der Waals surface area contributed by atoms with Crippen LogP contribution in [0, 0.1) is 6.92 Å². The molecule has 0 aliphatic rings. The van der Waals surface area contributed by atoms with Crippen LogP contribution in [0.5, 0.6) is 11.5 Å². The van der Waals surface area contributed by atoms with Crippen molar-refractivity contribution in [3.05, 3.63) is 41.3 Å². The van der Waals surface area contributed by atoms with Crippen molar-refractivity contribution in [2.45, 2.75) is 20.5 Å². The first-order valence-electron chi connectivity index (χ1n) is 5.84. The predicted octanol–water partition coefficient (Wildman–Crippen LogP) is 2.77. The number of aromatic nitrogens is 1. The lowest BCUT2D eigenvalue weighted by atomic mass is 10.1. The first kappa shape index (κ1) is 13.1. The number of hydrogen-bond donors (Lipinski definition) is 0. The molecule has 0 aliphatic carbocycles. The highest BCUT2D eigenvalue weighted by atomic mass is 16.5. The second-order valence-corrected chi connectivity index (χ2v) is 4.14. The summed E-state index contributed by atoms with van der Waals surface area (Å²) in [5.74, 6) is 1.80. The maximum Gasteiger partial charge on any atom is 0.161 e. The SMILES string of the molecule is COc1cc(C(C)=O)ccc1OCc1cc(C)on1. The molecule has 0 radical (unpaired) electrons. The van der Waals surface area contributed by atoms with E-state index in [1.54, 1.807) is 24.3 Å². The lowest BCUT2D eigenvalue weighted by molar-refractivity contribution is 0.101. The van der Waals surface area contributed by atoms with E-state index in [2.05, 4.69) is 5.16 Å². The molecular weight excluding hydrogens is 246 g/mol. The number of hydrogen-bond acceptors (Lipinski definition) is 5. The molecule has 0 unspecified atom stereocenters. The number of aryl methyl sites for hydroxylation is 1. The van der Waals surface area contributed by atoms with Gasteiger partial charge in [0.15, 0.2) is 17.3 Å². The number of ketones is 1. The van der Waals surface area contributed by atoms with Gasteiger partial charge in [-0.05, 0) is 32.0 Å². The summed E-state index contributed by atoms with van der Waals surface area (Å²) in [6.07, 6.45) is 0. The zero-order valence-electron chi connectivity index (χ0n) is 11.1. The second kappa shape index (κ2) is 5.56. The lowest BCUT2D eigenvalue weighted by Gasteiger charge is -2.10. The Kier molecular flexibility index (Phi) is 3.85. The van der Waals surface area contributed by atoms with Gasteiger partial charge in [0.05, 0.1) is 7.11 Å².